The molecule has 0 bridgehead atoms. The fraction of sp³-hybridized carbons (Fsp3) is 0.111. The van der Waals surface area contributed by atoms with Gasteiger partial charge < -0.3 is 4.18 Å². The molecule has 0 aliphatic rings. The topological polar surface area (TPSA) is 43.4 Å². The van der Waals surface area contributed by atoms with Crippen molar-refractivity contribution in [3.05, 3.63) is 43.0 Å². The van der Waals surface area contributed by atoms with Crippen LogP contribution in [0.2, 0.25) is 0 Å². The molecule has 1 aromatic rings. The Morgan fingerprint density at radius 1 is 1.29 bits per heavy atom. The summed E-state index contributed by atoms with van der Waals surface area (Å²) in [4.78, 5) is 0. The van der Waals surface area contributed by atoms with E-state index in [-0.39, 0.29) is 63.9 Å². The van der Waals surface area contributed by atoms with E-state index in [1.165, 1.54) is 6.08 Å². The first kappa shape index (κ1) is 14.5. The quantitative estimate of drug-likeness (QED) is 0.610. The molecule has 0 fully saturated rings. The summed E-state index contributed by atoms with van der Waals surface area (Å²) in [6.45, 7) is 3.33. The molecule has 1 aromatic carbocycles. The van der Waals surface area contributed by atoms with E-state index >= 15 is 0 Å². The van der Waals surface area contributed by atoms with Crippen LogP contribution in [0.3, 0.4) is 0 Å². The van der Waals surface area contributed by atoms with E-state index < -0.39 is 10.1 Å². The van der Waals surface area contributed by atoms with Crippen LogP contribution in [0.4, 0.5) is 0 Å². The van der Waals surface area contributed by atoms with Crippen molar-refractivity contribution < 1.29 is 12.6 Å². The molecule has 0 heterocycles. The van der Waals surface area contributed by atoms with Gasteiger partial charge in [-0.3, -0.25) is 0 Å². The number of para-hydroxylation sites is 1. The molecular formula is C9H11O3RbS. The number of hydrogen-bond donors (Lipinski definition) is 0. The van der Waals surface area contributed by atoms with Crippen molar-refractivity contribution in [3.63, 3.8) is 0 Å². The maximum absolute atomic E-state index is 11.1. The van der Waals surface area contributed by atoms with E-state index in [2.05, 4.69) is 6.58 Å². The zero-order valence-electron chi connectivity index (χ0n) is 7.01. The zero-order valence-corrected chi connectivity index (χ0v) is 7.83. The van der Waals surface area contributed by atoms with E-state index in [0.717, 1.165) is 0 Å². The van der Waals surface area contributed by atoms with Gasteiger partial charge in [0.25, 0.3) is 0 Å². The summed E-state index contributed by atoms with van der Waals surface area (Å²) in [5, 5.41) is 0. The molecule has 0 radical (unpaired) electrons. The fourth-order valence-electron chi connectivity index (χ4n) is 0.801. The Morgan fingerprint density at radius 2 is 1.86 bits per heavy atom. The second-order valence-corrected chi connectivity index (χ2v) is 4.02. The summed E-state index contributed by atoms with van der Waals surface area (Å²) < 4.78 is 27.0. The standard InChI is InChI=1S/C9H10O3S.Rb.H/c1-2-8-13(10,11)12-9-6-4-3-5-7-9;;/h2-7H,1,8H2;;. The predicted molar refractivity (Wildman–Crippen MR) is 58.2 cm³/mol. The molecule has 0 saturated heterocycles. The Hall–Kier alpha value is 0.515. The van der Waals surface area contributed by atoms with Crippen LogP contribution in [0.5, 0.6) is 5.75 Å². The molecule has 0 atom stereocenters. The summed E-state index contributed by atoms with van der Waals surface area (Å²) >= 11 is 0. The van der Waals surface area contributed by atoms with Gasteiger partial charge in [0, 0.05) is 0 Å². The van der Waals surface area contributed by atoms with E-state index in [0.29, 0.717) is 5.75 Å². The third-order valence-electron chi connectivity index (χ3n) is 1.29. The average Bonchev–Trinajstić information content (AvgIpc) is 2.04. The van der Waals surface area contributed by atoms with E-state index in [1.54, 1.807) is 30.3 Å². The first-order valence-electron chi connectivity index (χ1n) is 3.72. The molecule has 3 nitrogen and oxygen atoms in total. The third kappa shape index (κ3) is 5.41. The van der Waals surface area contributed by atoms with Gasteiger partial charge in [-0.15, -0.1) is 6.58 Å². The van der Waals surface area contributed by atoms with Crippen LogP contribution in [-0.4, -0.2) is 72.4 Å². The second kappa shape index (κ2) is 6.90. The minimum atomic E-state index is -3.50. The molecule has 0 aliphatic carbocycles. The van der Waals surface area contributed by atoms with Crippen LogP contribution in [0, 0.1) is 0 Å². The van der Waals surface area contributed by atoms with Crippen LogP contribution < -0.4 is 4.18 Å². The van der Waals surface area contributed by atoms with E-state index in [9.17, 15) is 8.42 Å². The summed E-state index contributed by atoms with van der Waals surface area (Å²) in [6.07, 6.45) is 1.29. The predicted octanol–water partition coefficient (Wildman–Crippen LogP) is 0.933. The maximum atomic E-state index is 11.1. The van der Waals surface area contributed by atoms with Crippen LogP contribution in [0.25, 0.3) is 0 Å². The number of benzene rings is 1. The Kier molecular flexibility index (Phi) is 7.15. The van der Waals surface area contributed by atoms with Gasteiger partial charge in [0.1, 0.15) is 11.5 Å². The second-order valence-electron chi connectivity index (χ2n) is 2.41. The van der Waals surface area contributed by atoms with Crippen molar-refractivity contribution in [2.75, 3.05) is 5.75 Å². The van der Waals surface area contributed by atoms with Gasteiger partial charge in [-0.05, 0) is 12.1 Å². The monoisotopic (exact) mass is 284 g/mol. The van der Waals surface area contributed by atoms with Crippen molar-refractivity contribution in [2.45, 2.75) is 0 Å². The molecule has 5 heteroatoms. The van der Waals surface area contributed by atoms with Gasteiger partial charge >= 0.3 is 68.3 Å². The normalized spacial score (nSPS) is 10.0. The van der Waals surface area contributed by atoms with Crippen LogP contribution in [0.1, 0.15) is 0 Å². The first-order valence-corrected chi connectivity index (χ1v) is 5.30. The van der Waals surface area contributed by atoms with E-state index in [1.807, 2.05) is 0 Å². The molecule has 0 spiro atoms. The summed E-state index contributed by atoms with van der Waals surface area (Å²) in [7, 11) is -3.50. The zero-order chi connectivity index (χ0) is 9.73. The molecule has 0 amide bonds. The van der Waals surface area contributed by atoms with Crippen molar-refractivity contribution in [1.29, 1.82) is 0 Å². The average molecular weight is 285 g/mol. The molecule has 72 valence electrons. The van der Waals surface area contributed by atoms with Gasteiger partial charge in [-0.1, -0.05) is 24.3 Å². The Balaban J connectivity index is 0.00000169. The molecule has 0 N–H and O–H groups in total. The number of hydrogen-bond acceptors (Lipinski definition) is 3. The van der Waals surface area contributed by atoms with Crippen LogP contribution in [0.15, 0.2) is 43.0 Å². The van der Waals surface area contributed by atoms with Crippen molar-refractivity contribution in [2.24, 2.45) is 0 Å². The molecule has 0 aliphatic heterocycles. The van der Waals surface area contributed by atoms with Gasteiger partial charge in [-0.2, -0.15) is 8.42 Å². The van der Waals surface area contributed by atoms with Gasteiger partial charge in [-0.25, -0.2) is 0 Å². The molecule has 0 aromatic heterocycles. The molecule has 14 heavy (non-hydrogen) atoms. The van der Waals surface area contributed by atoms with Gasteiger partial charge in [0.15, 0.2) is 0 Å². The molecule has 0 saturated carbocycles. The van der Waals surface area contributed by atoms with Crippen molar-refractivity contribution >= 4 is 68.3 Å². The van der Waals surface area contributed by atoms with Crippen molar-refractivity contribution in [1.82, 2.24) is 0 Å². The SMILES string of the molecule is C=CCS(=O)(=O)Oc1ccccc1.[RbH]. The van der Waals surface area contributed by atoms with Crippen LogP contribution >= 0.6 is 0 Å². The molecular weight excluding hydrogens is 274 g/mol. The van der Waals surface area contributed by atoms with Gasteiger partial charge in [0.05, 0.1) is 0 Å². The summed E-state index contributed by atoms with van der Waals surface area (Å²) in [5.74, 6) is 0.145. The minimum absolute atomic E-state index is 0. The Morgan fingerprint density at radius 3 is 2.36 bits per heavy atom. The molecule has 1 rings (SSSR count). The van der Waals surface area contributed by atoms with Crippen molar-refractivity contribution in [3.8, 4) is 5.75 Å². The number of rotatable bonds is 4. The van der Waals surface area contributed by atoms with Crippen LogP contribution in [-0.2, 0) is 10.1 Å². The Labute approximate surface area is 133 Å². The van der Waals surface area contributed by atoms with E-state index in [4.69, 9.17) is 4.18 Å². The third-order valence-corrected chi connectivity index (χ3v) is 2.38. The fourth-order valence-corrected chi connectivity index (χ4v) is 1.56. The Bertz CT molecular complexity index is 372. The summed E-state index contributed by atoms with van der Waals surface area (Å²) in [6, 6.07) is 8.37. The van der Waals surface area contributed by atoms with Gasteiger partial charge in [0.2, 0.25) is 0 Å². The first-order chi connectivity index (χ1) is 6.14. The molecule has 0 unspecified atom stereocenters. The summed E-state index contributed by atoms with van der Waals surface area (Å²) in [5.41, 5.74) is 0.